The molecule has 6 nitrogen and oxygen atoms in total. The SMILES string of the molecule is CC1CN(CC(C)(C)O)CCN1C(=O)NC1CCC(N(C)C)C1. The van der Waals surface area contributed by atoms with E-state index in [9.17, 15) is 9.90 Å². The zero-order valence-corrected chi connectivity index (χ0v) is 15.4. The third kappa shape index (κ3) is 5.33. The molecule has 2 aliphatic rings. The Morgan fingerprint density at radius 1 is 1.30 bits per heavy atom. The fraction of sp³-hybridized carbons (Fsp3) is 0.941. The van der Waals surface area contributed by atoms with Gasteiger partial charge in [-0.15, -0.1) is 0 Å². The van der Waals surface area contributed by atoms with Gasteiger partial charge in [0.25, 0.3) is 0 Å². The Hall–Kier alpha value is -0.850. The molecule has 1 saturated heterocycles. The summed E-state index contributed by atoms with van der Waals surface area (Å²) < 4.78 is 0. The van der Waals surface area contributed by atoms with E-state index >= 15 is 0 Å². The summed E-state index contributed by atoms with van der Waals surface area (Å²) in [5.41, 5.74) is -0.685. The molecule has 2 rings (SSSR count). The molecule has 134 valence electrons. The van der Waals surface area contributed by atoms with E-state index in [2.05, 4.69) is 36.1 Å². The molecule has 1 aliphatic heterocycles. The van der Waals surface area contributed by atoms with E-state index in [1.54, 1.807) is 0 Å². The van der Waals surface area contributed by atoms with E-state index in [0.29, 0.717) is 18.6 Å². The summed E-state index contributed by atoms with van der Waals surface area (Å²) in [6.45, 7) is 8.78. The van der Waals surface area contributed by atoms with E-state index in [4.69, 9.17) is 0 Å². The number of urea groups is 1. The van der Waals surface area contributed by atoms with Crippen LogP contribution < -0.4 is 5.32 Å². The fourth-order valence-corrected chi connectivity index (χ4v) is 3.84. The van der Waals surface area contributed by atoms with Crippen LogP contribution in [0.15, 0.2) is 0 Å². The lowest BCUT2D eigenvalue weighted by Crippen LogP contribution is -2.59. The van der Waals surface area contributed by atoms with Gasteiger partial charge >= 0.3 is 6.03 Å². The lowest BCUT2D eigenvalue weighted by Gasteiger charge is -2.41. The Morgan fingerprint density at radius 3 is 2.52 bits per heavy atom. The first-order chi connectivity index (χ1) is 10.7. The van der Waals surface area contributed by atoms with Crippen molar-refractivity contribution < 1.29 is 9.90 Å². The predicted molar refractivity (Wildman–Crippen MR) is 92.6 cm³/mol. The lowest BCUT2D eigenvalue weighted by atomic mass is 10.1. The largest absolute Gasteiger partial charge is 0.389 e. The summed E-state index contributed by atoms with van der Waals surface area (Å²) in [5, 5.41) is 13.2. The topological polar surface area (TPSA) is 59.1 Å². The lowest BCUT2D eigenvalue weighted by molar-refractivity contribution is 0.0117. The summed E-state index contributed by atoms with van der Waals surface area (Å²) >= 11 is 0. The van der Waals surface area contributed by atoms with Crippen molar-refractivity contribution in [3.05, 3.63) is 0 Å². The van der Waals surface area contributed by atoms with Crippen molar-refractivity contribution in [3.8, 4) is 0 Å². The van der Waals surface area contributed by atoms with Gasteiger partial charge in [0.05, 0.1) is 5.60 Å². The normalized spacial score (nSPS) is 30.0. The van der Waals surface area contributed by atoms with Crippen LogP contribution in [0, 0.1) is 0 Å². The summed E-state index contributed by atoms with van der Waals surface area (Å²) in [5.74, 6) is 0. The van der Waals surface area contributed by atoms with E-state index in [-0.39, 0.29) is 12.1 Å². The van der Waals surface area contributed by atoms with E-state index in [1.165, 1.54) is 0 Å². The summed E-state index contributed by atoms with van der Waals surface area (Å²) in [6.07, 6.45) is 3.28. The molecule has 2 fully saturated rings. The number of β-amino-alcohol motifs (C(OH)–C–C–N with tert-alkyl or cyclic N) is 1. The molecule has 0 radical (unpaired) electrons. The number of carbonyl (C=O) groups is 1. The van der Waals surface area contributed by atoms with Gasteiger partial charge in [0.1, 0.15) is 0 Å². The maximum Gasteiger partial charge on any atom is 0.317 e. The van der Waals surface area contributed by atoms with Crippen LogP contribution in [0.2, 0.25) is 0 Å². The van der Waals surface area contributed by atoms with Gasteiger partial charge < -0.3 is 20.2 Å². The molecule has 3 unspecified atom stereocenters. The number of rotatable bonds is 4. The number of aliphatic hydroxyl groups is 1. The standard InChI is InChI=1S/C17H34N4O2/c1-13-11-20(12-17(2,3)23)8-9-21(13)16(22)18-14-6-7-15(10-14)19(4)5/h13-15,23H,6-12H2,1-5H3,(H,18,22). The number of nitrogens with zero attached hydrogens (tertiary/aromatic N) is 3. The Morgan fingerprint density at radius 2 is 2.00 bits per heavy atom. The highest BCUT2D eigenvalue weighted by Gasteiger charge is 2.32. The summed E-state index contributed by atoms with van der Waals surface area (Å²) in [4.78, 5) is 19.0. The number of carbonyl (C=O) groups excluding carboxylic acids is 1. The average Bonchev–Trinajstić information content (AvgIpc) is 2.85. The molecule has 0 aromatic rings. The molecule has 0 spiro atoms. The minimum absolute atomic E-state index is 0.0739. The molecule has 1 aliphatic carbocycles. The molecule has 1 saturated carbocycles. The predicted octanol–water partition coefficient (Wildman–Crippen LogP) is 0.956. The fourth-order valence-electron chi connectivity index (χ4n) is 3.84. The molecule has 23 heavy (non-hydrogen) atoms. The molecular weight excluding hydrogens is 292 g/mol. The third-order valence-electron chi connectivity index (χ3n) is 5.05. The van der Waals surface area contributed by atoms with Crippen molar-refractivity contribution in [2.75, 3.05) is 40.3 Å². The van der Waals surface area contributed by atoms with Crippen LogP contribution in [0.25, 0.3) is 0 Å². The van der Waals surface area contributed by atoms with Gasteiger partial charge in [0.15, 0.2) is 0 Å². The number of amides is 2. The molecule has 6 heteroatoms. The number of hydrogen-bond acceptors (Lipinski definition) is 4. The first-order valence-corrected chi connectivity index (χ1v) is 8.84. The number of nitrogens with one attached hydrogen (secondary N) is 1. The Bertz CT molecular complexity index is 408. The second-order valence-corrected chi connectivity index (χ2v) is 8.17. The zero-order chi connectivity index (χ0) is 17.2. The van der Waals surface area contributed by atoms with Gasteiger partial charge in [-0.05, 0) is 54.1 Å². The van der Waals surface area contributed by atoms with Gasteiger partial charge in [-0.1, -0.05) is 0 Å². The second kappa shape index (κ2) is 7.36. The van der Waals surface area contributed by atoms with Crippen molar-refractivity contribution in [1.29, 1.82) is 0 Å². The Kier molecular flexibility index (Phi) is 5.92. The van der Waals surface area contributed by atoms with E-state index < -0.39 is 5.60 Å². The quantitative estimate of drug-likeness (QED) is 0.808. The summed E-state index contributed by atoms with van der Waals surface area (Å²) in [7, 11) is 4.22. The minimum Gasteiger partial charge on any atom is -0.389 e. The molecule has 0 bridgehead atoms. The van der Waals surface area contributed by atoms with Gasteiger partial charge in [-0.3, -0.25) is 4.90 Å². The van der Waals surface area contributed by atoms with Crippen molar-refractivity contribution in [2.45, 2.75) is 63.8 Å². The summed E-state index contributed by atoms with van der Waals surface area (Å²) in [6, 6.07) is 1.14. The second-order valence-electron chi connectivity index (χ2n) is 8.17. The molecule has 3 atom stereocenters. The van der Waals surface area contributed by atoms with Crippen LogP contribution in [-0.4, -0.2) is 89.8 Å². The van der Waals surface area contributed by atoms with Crippen LogP contribution in [0.1, 0.15) is 40.0 Å². The van der Waals surface area contributed by atoms with Gasteiger partial charge in [0, 0.05) is 44.3 Å². The highest BCUT2D eigenvalue weighted by Crippen LogP contribution is 2.23. The highest BCUT2D eigenvalue weighted by atomic mass is 16.3. The van der Waals surface area contributed by atoms with Crippen molar-refractivity contribution >= 4 is 6.03 Å². The number of piperazine rings is 1. The third-order valence-corrected chi connectivity index (χ3v) is 5.05. The highest BCUT2D eigenvalue weighted by molar-refractivity contribution is 5.75. The monoisotopic (exact) mass is 326 g/mol. The van der Waals surface area contributed by atoms with Crippen LogP contribution in [0.4, 0.5) is 4.79 Å². The number of hydrogen-bond donors (Lipinski definition) is 2. The van der Waals surface area contributed by atoms with Gasteiger partial charge in [-0.2, -0.15) is 0 Å². The maximum absolute atomic E-state index is 12.6. The molecule has 2 amide bonds. The van der Waals surface area contributed by atoms with Crippen LogP contribution in [-0.2, 0) is 0 Å². The molecule has 0 aromatic heterocycles. The van der Waals surface area contributed by atoms with E-state index in [1.807, 2.05) is 18.7 Å². The smallest absolute Gasteiger partial charge is 0.317 e. The Labute approximate surface area is 140 Å². The first kappa shape index (κ1) is 18.5. The molecule has 0 aromatic carbocycles. The van der Waals surface area contributed by atoms with Crippen LogP contribution in [0.3, 0.4) is 0 Å². The van der Waals surface area contributed by atoms with Crippen LogP contribution in [0.5, 0.6) is 0 Å². The van der Waals surface area contributed by atoms with Crippen molar-refractivity contribution in [1.82, 2.24) is 20.0 Å². The zero-order valence-electron chi connectivity index (χ0n) is 15.4. The molecular formula is C17H34N4O2. The van der Waals surface area contributed by atoms with Crippen molar-refractivity contribution in [3.63, 3.8) is 0 Å². The maximum atomic E-state index is 12.6. The molecule has 2 N–H and O–H groups in total. The van der Waals surface area contributed by atoms with Crippen LogP contribution >= 0.6 is 0 Å². The Balaban J connectivity index is 1.80. The van der Waals surface area contributed by atoms with Gasteiger partial charge in [-0.25, -0.2) is 4.79 Å². The minimum atomic E-state index is -0.685. The van der Waals surface area contributed by atoms with Gasteiger partial charge in [0.2, 0.25) is 0 Å². The first-order valence-electron chi connectivity index (χ1n) is 8.84. The van der Waals surface area contributed by atoms with Crippen molar-refractivity contribution in [2.24, 2.45) is 0 Å². The van der Waals surface area contributed by atoms with E-state index in [0.717, 1.165) is 38.9 Å². The molecule has 1 heterocycles. The average molecular weight is 326 g/mol.